The number of aliphatic hydroxyl groups excluding tert-OH is 1. The molecular formula is C21H25N5O3. The molecule has 29 heavy (non-hydrogen) atoms. The van der Waals surface area contributed by atoms with Gasteiger partial charge in [0.1, 0.15) is 11.2 Å². The maximum absolute atomic E-state index is 12.6. The van der Waals surface area contributed by atoms with Gasteiger partial charge in [-0.15, -0.1) is 0 Å². The number of nitrogens with one attached hydrogen (secondary N) is 2. The van der Waals surface area contributed by atoms with Crippen LogP contribution in [0.25, 0.3) is 22.2 Å². The van der Waals surface area contributed by atoms with Crippen LogP contribution in [-0.2, 0) is 18.3 Å². The molecule has 0 saturated heterocycles. The molecule has 8 heteroatoms. The van der Waals surface area contributed by atoms with E-state index < -0.39 is 0 Å². The summed E-state index contributed by atoms with van der Waals surface area (Å²) >= 11 is 0. The third-order valence-corrected chi connectivity index (χ3v) is 4.57. The van der Waals surface area contributed by atoms with Crippen molar-refractivity contribution < 1.29 is 9.90 Å². The normalized spacial score (nSPS) is 10.9. The Morgan fingerprint density at radius 2 is 1.97 bits per heavy atom. The lowest BCUT2D eigenvalue weighted by molar-refractivity contribution is -0.118. The maximum atomic E-state index is 12.6. The van der Waals surface area contributed by atoms with Crippen LogP contribution in [-0.4, -0.2) is 45.2 Å². The molecule has 2 aromatic heterocycles. The molecule has 2 heterocycles. The number of aliphatic hydroxyl groups is 1. The topological polar surface area (TPSA) is 109 Å². The van der Waals surface area contributed by atoms with Crippen LogP contribution in [0.4, 0.5) is 5.82 Å². The Morgan fingerprint density at radius 1 is 1.21 bits per heavy atom. The molecule has 0 unspecified atom stereocenters. The van der Waals surface area contributed by atoms with E-state index in [0.717, 1.165) is 17.5 Å². The van der Waals surface area contributed by atoms with Crippen LogP contribution in [0.15, 0.2) is 41.5 Å². The van der Waals surface area contributed by atoms with Crippen molar-refractivity contribution >= 4 is 22.6 Å². The van der Waals surface area contributed by atoms with Crippen molar-refractivity contribution in [3.8, 4) is 11.3 Å². The highest BCUT2D eigenvalue weighted by molar-refractivity contribution is 5.91. The van der Waals surface area contributed by atoms with Gasteiger partial charge in [-0.1, -0.05) is 24.3 Å². The minimum absolute atomic E-state index is 0.0400. The molecule has 0 spiro atoms. The number of benzene rings is 1. The van der Waals surface area contributed by atoms with Crippen molar-refractivity contribution in [2.75, 3.05) is 25.0 Å². The minimum Gasteiger partial charge on any atom is -0.396 e. The van der Waals surface area contributed by atoms with E-state index >= 15 is 0 Å². The van der Waals surface area contributed by atoms with E-state index in [-0.39, 0.29) is 18.1 Å². The van der Waals surface area contributed by atoms with Gasteiger partial charge >= 0.3 is 0 Å². The average molecular weight is 395 g/mol. The first-order chi connectivity index (χ1) is 14.0. The summed E-state index contributed by atoms with van der Waals surface area (Å²) in [6, 6.07) is 9.74. The van der Waals surface area contributed by atoms with Crippen LogP contribution in [0.3, 0.4) is 0 Å². The van der Waals surface area contributed by atoms with E-state index in [4.69, 9.17) is 5.11 Å². The molecule has 0 atom stereocenters. The van der Waals surface area contributed by atoms with Crippen molar-refractivity contribution in [1.29, 1.82) is 0 Å². The van der Waals surface area contributed by atoms with Gasteiger partial charge in [-0.3, -0.25) is 9.59 Å². The zero-order chi connectivity index (χ0) is 20.8. The summed E-state index contributed by atoms with van der Waals surface area (Å²) in [6.07, 6.45) is 2.80. The van der Waals surface area contributed by atoms with E-state index in [1.165, 1.54) is 17.8 Å². The van der Waals surface area contributed by atoms with E-state index in [0.29, 0.717) is 41.9 Å². The first-order valence-electron chi connectivity index (χ1n) is 9.54. The number of hydrogen-bond donors (Lipinski definition) is 3. The number of hydrogen-bond acceptors (Lipinski definition) is 6. The molecule has 0 aliphatic heterocycles. The lowest BCUT2D eigenvalue weighted by atomic mass is 10.1. The largest absolute Gasteiger partial charge is 0.396 e. The van der Waals surface area contributed by atoms with Crippen molar-refractivity contribution in [3.05, 3.63) is 52.6 Å². The summed E-state index contributed by atoms with van der Waals surface area (Å²) < 4.78 is 1.42. The van der Waals surface area contributed by atoms with Gasteiger partial charge in [0.05, 0.1) is 17.5 Å². The molecule has 0 aliphatic carbocycles. The van der Waals surface area contributed by atoms with Gasteiger partial charge in [0.15, 0.2) is 0 Å². The molecule has 0 saturated carbocycles. The van der Waals surface area contributed by atoms with Crippen LogP contribution < -0.4 is 16.2 Å². The van der Waals surface area contributed by atoms with Gasteiger partial charge in [0.2, 0.25) is 5.91 Å². The molecule has 0 radical (unpaired) electrons. The second kappa shape index (κ2) is 9.29. The molecule has 152 valence electrons. The summed E-state index contributed by atoms with van der Waals surface area (Å²) in [4.78, 5) is 32.6. The van der Waals surface area contributed by atoms with E-state index in [2.05, 4.69) is 20.6 Å². The van der Waals surface area contributed by atoms with Gasteiger partial charge in [0, 0.05) is 39.2 Å². The summed E-state index contributed by atoms with van der Waals surface area (Å²) in [6.45, 7) is 2.65. The Bertz CT molecular complexity index is 1060. The molecule has 0 fully saturated rings. The molecule has 0 aliphatic rings. The number of rotatable bonds is 8. The third kappa shape index (κ3) is 4.97. The summed E-state index contributed by atoms with van der Waals surface area (Å²) in [5.41, 5.74) is 3.12. The zero-order valence-corrected chi connectivity index (χ0v) is 16.6. The molecule has 3 rings (SSSR count). The molecular weight excluding hydrogens is 370 g/mol. The first-order valence-corrected chi connectivity index (χ1v) is 9.54. The lowest BCUT2D eigenvalue weighted by Crippen LogP contribution is -2.22. The minimum atomic E-state index is -0.172. The average Bonchev–Trinajstić information content (AvgIpc) is 2.71. The SMILES string of the molecule is CC(=O)NCCc1ccc(-c2cc3ncn(C)c(=O)c3c(NCCCO)n2)cc1. The second-order valence-electron chi connectivity index (χ2n) is 6.84. The molecule has 0 bridgehead atoms. The first kappa shape index (κ1) is 20.5. The van der Waals surface area contributed by atoms with Gasteiger partial charge in [-0.2, -0.15) is 0 Å². The number of carbonyl (C=O) groups is 1. The van der Waals surface area contributed by atoms with Crippen LogP contribution in [0.5, 0.6) is 0 Å². The van der Waals surface area contributed by atoms with E-state index in [1.54, 1.807) is 13.1 Å². The number of amides is 1. The zero-order valence-electron chi connectivity index (χ0n) is 16.6. The molecule has 8 nitrogen and oxygen atoms in total. The number of aryl methyl sites for hydroxylation is 1. The monoisotopic (exact) mass is 395 g/mol. The fourth-order valence-corrected chi connectivity index (χ4v) is 3.01. The predicted molar refractivity (Wildman–Crippen MR) is 113 cm³/mol. The molecule has 3 aromatic rings. The standard InChI is InChI=1S/C21H25N5O3/c1-14(28)22-10-8-15-4-6-16(7-5-15)17-12-18-19(21(29)26(2)13-24-18)20(25-17)23-9-3-11-27/h4-7,12-13,27H,3,8-11H2,1-2H3,(H,22,28)(H,23,25). The maximum Gasteiger partial charge on any atom is 0.264 e. The van der Waals surface area contributed by atoms with Gasteiger partial charge < -0.3 is 20.3 Å². The molecule has 1 aromatic carbocycles. The van der Waals surface area contributed by atoms with E-state index in [9.17, 15) is 9.59 Å². The lowest BCUT2D eigenvalue weighted by Gasteiger charge is -2.12. The van der Waals surface area contributed by atoms with Crippen molar-refractivity contribution in [1.82, 2.24) is 19.9 Å². The number of carbonyl (C=O) groups excluding carboxylic acids is 1. The van der Waals surface area contributed by atoms with Crippen LogP contribution >= 0.6 is 0 Å². The Labute approximate surface area is 168 Å². The fraction of sp³-hybridized carbons (Fsp3) is 0.333. The summed E-state index contributed by atoms with van der Waals surface area (Å²) in [7, 11) is 1.65. The predicted octanol–water partition coefficient (Wildman–Crippen LogP) is 1.47. The number of pyridine rings is 1. The van der Waals surface area contributed by atoms with Crippen LogP contribution in [0.2, 0.25) is 0 Å². The number of aromatic nitrogens is 3. The molecule has 1 amide bonds. The highest BCUT2D eigenvalue weighted by Crippen LogP contribution is 2.25. The van der Waals surface area contributed by atoms with Gasteiger partial charge in [0.25, 0.3) is 5.56 Å². The number of fused-ring (bicyclic) bond motifs is 1. The summed E-state index contributed by atoms with van der Waals surface area (Å²) in [5.74, 6) is 0.427. The molecule has 3 N–H and O–H groups in total. The third-order valence-electron chi connectivity index (χ3n) is 4.57. The van der Waals surface area contributed by atoms with E-state index in [1.807, 2.05) is 24.3 Å². The second-order valence-corrected chi connectivity index (χ2v) is 6.84. The Hall–Kier alpha value is -3.26. The Balaban J connectivity index is 1.93. The van der Waals surface area contributed by atoms with Crippen LogP contribution in [0, 0.1) is 0 Å². The van der Waals surface area contributed by atoms with Crippen molar-refractivity contribution in [3.63, 3.8) is 0 Å². The Kier molecular flexibility index (Phi) is 6.56. The fourth-order valence-electron chi connectivity index (χ4n) is 3.01. The number of anilines is 1. The quantitative estimate of drug-likeness (QED) is 0.499. The van der Waals surface area contributed by atoms with Crippen molar-refractivity contribution in [2.45, 2.75) is 19.8 Å². The van der Waals surface area contributed by atoms with Gasteiger partial charge in [-0.25, -0.2) is 9.97 Å². The smallest absolute Gasteiger partial charge is 0.264 e. The summed E-state index contributed by atoms with van der Waals surface area (Å²) in [5, 5.41) is 15.4. The Morgan fingerprint density at radius 3 is 2.66 bits per heavy atom. The highest BCUT2D eigenvalue weighted by atomic mass is 16.3. The highest BCUT2D eigenvalue weighted by Gasteiger charge is 2.13. The van der Waals surface area contributed by atoms with Gasteiger partial charge in [-0.05, 0) is 24.5 Å². The van der Waals surface area contributed by atoms with Crippen LogP contribution in [0.1, 0.15) is 18.9 Å². The number of nitrogens with zero attached hydrogens (tertiary/aromatic N) is 3. The van der Waals surface area contributed by atoms with Crippen molar-refractivity contribution in [2.24, 2.45) is 7.05 Å².